The Morgan fingerprint density at radius 1 is 0.985 bits per heavy atom. The minimum Gasteiger partial charge on any atom is -0.444 e. The fourth-order valence-corrected chi connectivity index (χ4v) is 9.54. The Balaban J connectivity index is 0.682. The third-order valence-corrected chi connectivity index (χ3v) is 13.4. The van der Waals surface area contributed by atoms with Gasteiger partial charge in [-0.25, -0.2) is 23.5 Å². The van der Waals surface area contributed by atoms with Crippen molar-refractivity contribution >= 4 is 40.3 Å². The molecule has 346 valence electrons. The summed E-state index contributed by atoms with van der Waals surface area (Å²) >= 11 is 0. The van der Waals surface area contributed by atoms with Crippen LogP contribution in [0.3, 0.4) is 0 Å². The maximum Gasteiger partial charge on any atom is 0.329 e. The molecule has 0 bridgehead atoms. The number of amides is 3. The van der Waals surface area contributed by atoms with Gasteiger partial charge in [0.25, 0.3) is 12.3 Å². The number of imidazole rings is 1. The van der Waals surface area contributed by atoms with E-state index >= 15 is 0 Å². The molecule has 1 atom stereocenters. The zero-order chi connectivity index (χ0) is 45.0. The van der Waals surface area contributed by atoms with Crippen LogP contribution in [0, 0.1) is 11.8 Å². The van der Waals surface area contributed by atoms with Gasteiger partial charge < -0.3 is 24.7 Å². The molecule has 4 aromatic heterocycles. The summed E-state index contributed by atoms with van der Waals surface area (Å²) in [4.78, 5) is 64.3. The number of alkyl halides is 2. The number of benzene rings is 1. The number of rotatable bonds is 18. The summed E-state index contributed by atoms with van der Waals surface area (Å²) in [5.74, 6) is 0.705. The maximum absolute atomic E-state index is 14.2. The number of anilines is 2. The number of carbonyl (C=O) groups is 3. The van der Waals surface area contributed by atoms with Crippen molar-refractivity contribution in [2.75, 3.05) is 69.7 Å². The lowest BCUT2D eigenvalue weighted by Crippen LogP contribution is -2.48. The Bertz CT molecular complexity index is 2550. The zero-order valence-corrected chi connectivity index (χ0v) is 36.7. The molecule has 65 heavy (non-hydrogen) atoms. The summed E-state index contributed by atoms with van der Waals surface area (Å²) in [6.07, 6.45) is 9.54. The number of para-hydroxylation sites is 1. The lowest BCUT2D eigenvalue weighted by Gasteiger charge is -2.38. The van der Waals surface area contributed by atoms with Gasteiger partial charge in [0, 0.05) is 83.8 Å². The van der Waals surface area contributed by atoms with E-state index in [9.17, 15) is 28.0 Å². The van der Waals surface area contributed by atoms with Gasteiger partial charge in [0.1, 0.15) is 18.1 Å². The Labute approximate surface area is 374 Å². The van der Waals surface area contributed by atoms with E-state index in [1.807, 2.05) is 18.2 Å². The number of oxazole rings is 1. The average molecular weight is 898 g/mol. The van der Waals surface area contributed by atoms with Crippen LogP contribution in [-0.4, -0.2) is 115 Å². The predicted octanol–water partition coefficient (Wildman–Crippen LogP) is 5.57. The first-order valence-corrected chi connectivity index (χ1v) is 23.0. The van der Waals surface area contributed by atoms with Crippen LogP contribution >= 0.6 is 0 Å². The summed E-state index contributed by atoms with van der Waals surface area (Å²) in [6, 6.07) is 8.57. The number of carbonyl (C=O) groups excluding carboxylic acids is 3. The molecule has 0 spiro atoms. The molecule has 4 fully saturated rings. The fraction of sp³-hybridized carbons (Fsp3) is 0.543. The van der Waals surface area contributed by atoms with Crippen LogP contribution < -0.4 is 21.6 Å². The van der Waals surface area contributed by atoms with Crippen LogP contribution in [0.1, 0.15) is 98.0 Å². The summed E-state index contributed by atoms with van der Waals surface area (Å²) in [7, 11) is 1.72. The number of halogens is 2. The average Bonchev–Trinajstić information content (AvgIpc) is 3.71. The number of ether oxygens (including phenoxy) is 1. The molecule has 1 unspecified atom stereocenters. The third-order valence-electron chi connectivity index (χ3n) is 13.4. The normalized spacial score (nSPS) is 21.0. The summed E-state index contributed by atoms with van der Waals surface area (Å²) < 4.78 is 44.7. The van der Waals surface area contributed by atoms with Crippen LogP contribution in [0.15, 0.2) is 58.2 Å². The number of piperidine rings is 1. The number of hydrogen-bond acceptors (Lipinski definition) is 12. The molecule has 19 heteroatoms. The van der Waals surface area contributed by atoms with Crippen molar-refractivity contribution in [2.24, 2.45) is 18.9 Å². The Kier molecular flexibility index (Phi) is 13.5. The standard InChI is InChI=1S/C46H57F2N11O6/c1-55-41-31(4-2-6-36(41)59(46(55)63)37-13-14-39(60)53-44(37)62)5-3-22-64-23-21-56-17-19-57(20-18-56)26-30-9-11-33(12-10-30)58-27-34(40(54-58)42(47)48)51-43(61)35-28-65-45(52-35)32-15-16-49-38(24-32)50-25-29-7-8-29/h2,4,6,15-16,24,27-30,33,37,42H,3,5,7-14,17-23,25-26H2,1H3,(H,49,50)(H,51,61)(H,53,60,62). The number of aromatic nitrogens is 6. The number of piperazine rings is 1. The lowest BCUT2D eigenvalue weighted by molar-refractivity contribution is -0.135. The SMILES string of the molecule is Cn1c(=O)n(C2CCC(=O)NC2=O)c2cccc(CCCOCCN3CCN(CC4CCC(n5cc(NC(=O)c6coc(-c7ccnc(NCC8CC8)c7)n6)c(C(F)F)n5)CC4)CC3)c21. The van der Waals surface area contributed by atoms with Gasteiger partial charge in [-0.3, -0.25) is 38.4 Å². The molecule has 1 aromatic carbocycles. The van der Waals surface area contributed by atoms with E-state index in [4.69, 9.17) is 9.15 Å². The number of aryl methyl sites for hydroxylation is 2. The topological polar surface area (TPSA) is 187 Å². The number of imide groups is 1. The second-order valence-corrected chi connectivity index (χ2v) is 18.0. The summed E-state index contributed by atoms with van der Waals surface area (Å²) in [6.45, 7) is 7.84. The molecule has 3 amide bonds. The molecule has 17 nitrogen and oxygen atoms in total. The highest BCUT2D eigenvalue weighted by molar-refractivity contribution is 6.03. The molecule has 5 aromatic rings. The van der Waals surface area contributed by atoms with Gasteiger partial charge >= 0.3 is 5.69 Å². The first-order valence-electron chi connectivity index (χ1n) is 23.0. The first kappa shape index (κ1) is 44.4. The van der Waals surface area contributed by atoms with E-state index in [0.717, 1.165) is 95.4 Å². The van der Waals surface area contributed by atoms with Crippen molar-refractivity contribution in [1.29, 1.82) is 0 Å². The number of hydrogen-bond donors (Lipinski definition) is 3. The van der Waals surface area contributed by atoms with E-state index in [1.54, 1.807) is 34.6 Å². The Morgan fingerprint density at radius 2 is 1.77 bits per heavy atom. The highest BCUT2D eigenvalue weighted by atomic mass is 19.3. The minimum atomic E-state index is -2.86. The summed E-state index contributed by atoms with van der Waals surface area (Å²) in [5.41, 5.74) is 2.38. The highest BCUT2D eigenvalue weighted by Gasteiger charge is 2.32. The molecular weight excluding hydrogens is 841 g/mol. The van der Waals surface area contributed by atoms with Gasteiger partial charge in [0.15, 0.2) is 11.4 Å². The first-order chi connectivity index (χ1) is 31.6. The van der Waals surface area contributed by atoms with Crippen molar-refractivity contribution in [3.8, 4) is 11.5 Å². The number of nitrogens with zero attached hydrogens (tertiary/aromatic N) is 8. The van der Waals surface area contributed by atoms with Crippen LogP contribution in [-0.2, 0) is 27.8 Å². The molecule has 0 radical (unpaired) electrons. The number of nitrogens with one attached hydrogen (secondary N) is 3. The van der Waals surface area contributed by atoms with Crippen LogP contribution in [0.25, 0.3) is 22.5 Å². The molecule has 6 heterocycles. The Morgan fingerprint density at radius 3 is 2.54 bits per heavy atom. The van der Waals surface area contributed by atoms with Gasteiger partial charge in [-0.1, -0.05) is 12.1 Å². The van der Waals surface area contributed by atoms with Gasteiger partial charge in [-0.2, -0.15) is 5.10 Å². The zero-order valence-electron chi connectivity index (χ0n) is 36.7. The van der Waals surface area contributed by atoms with E-state index in [2.05, 4.69) is 40.8 Å². The van der Waals surface area contributed by atoms with Crippen molar-refractivity contribution in [3.05, 3.63) is 76.4 Å². The second kappa shape index (κ2) is 19.8. The molecular formula is C46H57F2N11O6. The second-order valence-electron chi connectivity index (χ2n) is 18.0. The third kappa shape index (κ3) is 10.4. The monoisotopic (exact) mass is 897 g/mol. The van der Waals surface area contributed by atoms with Crippen molar-refractivity contribution < 1.29 is 32.3 Å². The molecule has 2 saturated heterocycles. The van der Waals surface area contributed by atoms with E-state index in [-0.39, 0.29) is 41.3 Å². The van der Waals surface area contributed by atoms with Crippen molar-refractivity contribution in [2.45, 2.75) is 82.7 Å². The largest absolute Gasteiger partial charge is 0.444 e. The quantitative estimate of drug-likeness (QED) is 0.0735. The van der Waals surface area contributed by atoms with E-state index < -0.39 is 30.0 Å². The minimum absolute atomic E-state index is 0.0244. The van der Waals surface area contributed by atoms with Crippen LogP contribution in [0.2, 0.25) is 0 Å². The van der Waals surface area contributed by atoms with Crippen molar-refractivity contribution in [1.82, 2.24) is 44.0 Å². The van der Waals surface area contributed by atoms with Gasteiger partial charge in [-0.15, -0.1) is 0 Å². The van der Waals surface area contributed by atoms with Crippen LogP contribution in [0.4, 0.5) is 20.3 Å². The van der Waals surface area contributed by atoms with E-state index in [0.29, 0.717) is 48.4 Å². The maximum atomic E-state index is 14.2. The number of fused-ring (bicyclic) bond motifs is 1. The molecule has 9 rings (SSSR count). The van der Waals surface area contributed by atoms with E-state index in [1.165, 1.54) is 29.9 Å². The fourth-order valence-electron chi connectivity index (χ4n) is 9.54. The molecule has 2 saturated carbocycles. The molecule has 2 aliphatic carbocycles. The molecule has 2 aliphatic heterocycles. The van der Waals surface area contributed by atoms with Gasteiger partial charge in [-0.05, 0) is 93.4 Å². The van der Waals surface area contributed by atoms with Gasteiger partial charge in [0.2, 0.25) is 17.7 Å². The van der Waals surface area contributed by atoms with Crippen molar-refractivity contribution in [3.63, 3.8) is 0 Å². The predicted molar refractivity (Wildman–Crippen MR) is 238 cm³/mol. The van der Waals surface area contributed by atoms with Crippen LogP contribution in [0.5, 0.6) is 0 Å². The Hall–Kier alpha value is -5.79. The van der Waals surface area contributed by atoms with Gasteiger partial charge in [0.05, 0.1) is 29.4 Å². The lowest BCUT2D eigenvalue weighted by atomic mass is 9.85. The summed E-state index contributed by atoms with van der Waals surface area (Å²) in [5, 5.41) is 12.5. The molecule has 4 aliphatic rings. The molecule has 3 N–H and O–H groups in total. The number of pyridine rings is 1. The highest BCUT2D eigenvalue weighted by Crippen LogP contribution is 2.36. The smallest absolute Gasteiger partial charge is 0.329 e.